The first kappa shape index (κ1) is 14.1. The average Bonchev–Trinajstić information content (AvgIpc) is 3.46. The summed E-state index contributed by atoms with van der Waals surface area (Å²) >= 11 is 0. The Morgan fingerprint density at radius 3 is 2.74 bits per heavy atom. The van der Waals surface area contributed by atoms with Crippen molar-refractivity contribution in [3.05, 3.63) is 60.7 Å². The lowest BCUT2D eigenvalue weighted by atomic mass is 9.88. The number of fused-ring (bicyclic) bond motifs is 1. The highest BCUT2D eigenvalue weighted by Crippen LogP contribution is 2.45. The summed E-state index contributed by atoms with van der Waals surface area (Å²) in [6, 6.07) is 11.8. The van der Waals surface area contributed by atoms with Crippen LogP contribution in [0.25, 0.3) is 10.9 Å². The number of pyridine rings is 1. The first-order chi connectivity index (χ1) is 11.3. The molecule has 0 amide bonds. The van der Waals surface area contributed by atoms with E-state index in [0.717, 1.165) is 35.1 Å². The van der Waals surface area contributed by atoms with E-state index in [1.807, 2.05) is 36.4 Å². The highest BCUT2D eigenvalue weighted by Gasteiger charge is 2.44. The molecule has 4 rings (SSSR count). The smallest absolute Gasteiger partial charge is 0.137 e. The van der Waals surface area contributed by atoms with Crippen LogP contribution in [0.4, 0.5) is 5.82 Å². The van der Waals surface area contributed by atoms with Crippen molar-refractivity contribution in [2.75, 3.05) is 11.9 Å². The number of nitrogens with one attached hydrogen (secondary N) is 1. The summed E-state index contributed by atoms with van der Waals surface area (Å²) in [5, 5.41) is 15.5. The number of hydrogen-bond acceptors (Lipinski definition) is 5. The van der Waals surface area contributed by atoms with E-state index in [2.05, 4.69) is 20.3 Å². The van der Waals surface area contributed by atoms with Gasteiger partial charge in [-0.2, -0.15) is 0 Å². The number of anilines is 1. The minimum absolute atomic E-state index is 0.298. The second-order valence-electron chi connectivity index (χ2n) is 6.03. The molecule has 1 aliphatic carbocycles. The fraction of sp³-hybridized carbons (Fsp3) is 0.278. The van der Waals surface area contributed by atoms with Crippen LogP contribution in [0.15, 0.2) is 55.1 Å². The number of rotatable bonds is 5. The molecular formula is C18H18N4O. The number of benzene rings is 1. The third-order valence-electron chi connectivity index (χ3n) is 4.49. The summed E-state index contributed by atoms with van der Waals surface area (Å²) in [4.78, 5) is 12.6. The van der Waals surface area contributed by atoms with Gasteiger partial charge in [0.2, 0.25) is 0 Å². The Morgan fingerprint density at radius 2 is 1.96 bits per heavy atom. The lowest BCUT2D eigenvalue weighted by Gasteiger charge is -2.29. The number of nitrogens with zero attached hydrogens (tertiary/aromatic N) is 3. The molecule has 1 aliphatic rings. The molecule has 0 bridgehead atoms. The maximum Gasteiger partial charge on any atom is 0.137 e. The second kappa shape index (κ2) is 5.59. The van der Waals surface area contributed by atoms with Crippen LogP contribution >= 0.6 is 0 Å². The molecule has 1 atom stereocenters. The van der Waals surface area contributed by atoms with Gasteiger partial charge < -0.3 is 10.4 Å². The maximum absolute atomic E-state index is 11.2. The number of hydrogen-bond donors (Lipinski definition) is 2. The summed E-state index contributed by atoms with van der Waals surface area (Å²) in [6.07, 6.45) is 7.07. The van der Waals surface area contributed by atoms with Gasteiger partial charge in [-0.15, -0.1) is 0 Å². The number of aromatic nitrogens is 3. The van der Waals surface area contributed by atoms with E-state index in [1.54, 1.807) is 12.4 Å². The Hall–Kier alpha value is -2.53. The van der Waals surface area contributed by atoms with Crippen molar-refractivity contribution >= 4 is 16.7 Å². The van der Waals surface area contributed by atoms with Crippen molar-refractivity contribution in [3.8, 4) is 0 Å². The van der Waals surface area contributed by atoms with Crippen molar-refractivity contribution < 1.29 is 5.11 Å². The quantitative estimate of drug-likeness (QED) is 0.758. The summed E-state index contributed by atoms with van der Waals surface area (Å²) in [5.74, 6) is 1.03. The van der Waals surface area contributed by atoms with Gasteiger partial charge in [0, 0.05) is 18.1 Å². The Morgan fingerprint density at radius 1 is 1.13 bits per heavy atom. The zero-order chi connectivity index (χ0) is 15.7. The third kappa shape index (κ3) is 2.64. The highest BCUT2D eigenvalue weighted by molar-refractivity contribution is 5.87. The average molecular weight is 306 g/mol. The predicted octanol–water partition coefficient (Wildman–Crippen LogP) is 2.73. The van der Waals surface area contributed by atoms with Gasteiger partial charge in [0.15, 0.2) is 0 Å². The van der Waals surface area contributed by atoms with Gasteiger partial charge in [-0.05, 0) is 30.4 Å². The molecule has 3 aromatic rings. The van der Waals surface area contributed by atoms with Crippen LogP contribution < -0.4 is 5.32 Å². The molecule has 5 heteroatoms. The van der Waals surface area contributed by atoms with E-state index in [-0.39, 0.29) is 0 Å². The van der Waals surface area contributed by atoms with Crippen LogP contribution in [0.3, 0.4) is 0 Å². The minimum Gasteiger partial charge on any atom is -0.383 e. The normalized spacial score (nSPS) is 16.9. The van der Waals surface area contributed by atoms with E-state index in [0.29, 0.717) is 12.5 Å². The van der Waals surface area contributed by atoms with Crippen molar-refractivity contribution in [2.45, 2.75) is 18.4 Å². The van der Waals surface area contributed by atoms with Crippen molar-refractivity contribution in [1.29, 1.82) is 0 Å². The van der Waals surface area contributed by atoms with E-state index in [4.69, 9.17) is 0 Å². The Balaban J connectivity index is 1.63. The van der Waals surface area contributed by atoms with E-state index < -0.39 is 5.60 Å². The SMILES string of the molecule is OC(CNc1ncnc2cnccc12)(c1ccccc1)C1CC1. The van der Waals surface area contributed by atoms with Crippen LogP contribution in [0.2, 0.25) is 0 Å². The first-order valence-electron chi connectivity index (χ1n) is 7.84. The molecule has 1 fully saturated rings. The molecule has 1 unspecified atom stereocenters. The monoisotopic (exact) mass is 306 g/mol. The molecule has 0 aliphatic heterocycles. The van der Waals surface area contributed by atoms with Crippen LogP contribution in [0.5, 0.6) is 0 Å². The molecule has 0 saturated heterocycles. The van der Waals surface area contributed by atoms with Crippen LogP contribution in [0, 0.1) is 5.92 Å². The minimum atomic E-state index is -0.869. The second-order valence-corrected chi connectivity index (χ2v) is 6.03. The molecule has 0 spiro atoms. The standard InChI is InChI=1S/C18H18N4O/c23-18(14-6-7-14,13-4-2-1-3-5-13)11-20-17-15-8-9-19-10-16(15)21-12-22-17/h1-5,8-10,12,14,23H,6-7,11H2,(H,20,21,22). The van der Waals surface area contributed by atoms with Crippen molar-refractivity contribution in [1.82, 2.24) is 15.0 Å². The van der Waals surface area contributed by atoms with Crippen molar-refractivity contribution in [3.63, 3.8) is 0 Å². The van der Waals surface area contributed by atoms with Gasteiger partial charge >= 0.3 is 0 Å². The third-order valence-corrected chi connectivity index (χ3v) is 4.49. The van der Waals surface area contributed by atoms with E-state index in [9.17, 15) is 5.11 Å². The van der Waals surface area contributed by atoms with Crippen LogP contribution in [0.1, 0.15) is 18.4 Å². The van der Waals surface area contributed by atoms with Gasteiger partial charge in [-0.3, -0.25) is 4.98 Å². The highest BCUT2D eigenvalue weighted by atomic mass is 16.3. The molecule has 2 heterocycles. The summed E-state index contributed by atoms with van der Waals surface area (Å²) < 4.78 is 0. The van der Waals surface area contributed by atoms with Gasteiger partial charge in [-0.1, -0.05) is 30.3 Å². The molecular weight excluding hydrogens is 288 g/mol. The Kier molecular flexibility index (Phi) is 3.42. The molecule has 116 valence electrons. The molecule has 0 radical (unpaired) electrons. The predicted molar refractivity (Wildman–Crippen MR) is 88.9 cm³/mol. The molecule has 23 heavy (non-hydrogen) atoms. The summed E-state index contributed by atoms with van der Waals surface area (Å²) in [6.45, 7) is 0.427. The van der Waals surface area contributed by atoms with Gasteiger partial charge in [-0.25, -0.2) is 9.97 Å². The van der Waals surface area contributed by atoms with Gasteiger partial charge in [0.05, 0.1) is 11.7 Å². The van der Waals surface area contributed by atoms with E-state index in [1.165, 1.54) is 6.33 Å². The Labute approximate surface area is 134 Å². The van der Waals surface area contributed by atoms with Crippen LogP contribution in [-0.4, -0.2) is 26.6 Å². The fourth-order valence-electron chi connectivity index (χ4n) is 3.04. The zero-order valence-corrected chi connectivity index (χ0v) is 12.7. The maximum atomic E-state index is 11.2. The Bertz CT molecular complexity index is 814. The number of aliphatic hydroxyl groups is 1. The summed E-state index contributed by atoms with van der Waals surface area (Å²) in [7, 11) is 0. The first-order valence-corrected chi connectivity index (χ1v) is 7.84. The topological polar surface area (TPSA) is 70.9 Å². The lowest BCUT2D eigenvalue weighted by molar-refractivity contribution is 0.0266. The van der Waals surface area contributed by atoms with Crippen LogP contribution in [-0.2, 0) is 5.60 Å². The largest absolute Gasteiger partial charge is 0.383 e. The molecule has 5 nitrogen and oxygen atoms in total. The summed E-state index contributed by atoms with van der Waals surface area (Å²) in [5.41, 5.74) is 0.876. The van der Waals surface area contributed by atoms with Gasteiger partial charge in [0.25, 0.3) is 0 Å². The molecule has 1 saturated carbocycles. The lowest BCUT2D eigenvalue weighted by Crippen LogP contribution is -2.36. The van der Waals surface area contributed by atoms with Crippen molar-refractivity contribution in [2.24, 2.45) is 5.92 Å². The molecule has 2 N–H and O–H groups in total. The fourth-order valence-corrected chi connectivity index (χ4v) is 3.04. The van der Waals surface area contributed by atoms with Gasteiger partial charge in [0.1, 0.15) is 17.7 Å². The zero-order valence-electron chi connectivity index (χ0n) is 12.7. The molecule has 2 aromatic heterocycles. The molecule has 1 aromatic carbocycles. The van der Waals surface area contributed by atoms with E-state index >= 15 is 0 Å².